The Morgan fingerprint density at radius 3 is 2.60 bits per heavy atom. The minimum atomic E-state index is -0.586. The van der Waals surface area contributed by atoms with Crippen LogP contribution in [0.15, 0.2) is 48.5 Å². The largest absolute Gasteiger partial charge is 0.496 e. The number of aliphatic hydroxyl groups excluding tert-OH is 1. The summed E-state index contributed by atoms with van der Waals surface area (Å²) in [6.07, 6.45) is -0.586. The van der Waals surface area contributed by atoms with Crippen molar-refractivity contribution in [2.24, 2.45) is 0 Å². The molecule has 2 nitrogen and oxygen atoms in total. The van der Waals surface area contributed by atoms with Gasteiger partial charge in [0.05, 0.1) is 7.11 Å². The lowest BCUT2D eigenvalue weighted by atomic mass is 10.0. The van der Waals surface area contributed by atoms with Crippen molar-refractivity contribution in [3.05, 3.63) is 64.5 Å². The standard InChI is InChI=1S/C17H16O2S/c1-11-9-13(7-8-14(11)19-2)17(18)16-10-12-5-3-4-6-15(12)20-16/h3-10,17-18H,1-2H3. The van der Waals surface area contributed by atoms with Crippen LogP contribution in [0, 0.1) is 6.92 Å². The Morgan fingerprint density at radius 1 is 1.10 bits per heavy atom. The Labute approximate surface area is 122 Å². The molecule has 1 aromatic heterocycles. The molecule has 0 bridgehead atoms. The molecule has 1 atom stereocenters. The van der Waals surface area contributed by atoms with Crippen LogP contribution in [0.3, 0.4) is 0 Å². The van der Waals surface area contributed by atoms with E-state index in [-0.39, 0.29) is 0 Å². The van der Waals surface area contributed by atoms with E-state index in [0.717, 1.165) is 21.8 Å². The fourth-order valence-electron chi connectivity index (χ4n) is 2.37. The van der Waals surface area contributed by atoms with Crippen molar-refractivity contribution >= 4 is 21.4 Å². The molecule has 0 aliphatic heterocycles. The second kappa shape index (κ2) is 5.27. The molecule has 0 amide bonds. The normalized spacial score (nSPS) is 12.6. The van der Waals surface area contributed by atoms with Crippen LogP contribution in [-0.2, 0) is 0 Å². The number of aliphatic hydroxyl groups is 1. The molecular weight excluding hydrogens is 268 g/mol. The Balaban J connectivity index is 1.99. The molecule has 0 saturated heterocycles. The lowest BCUT2D eigenvalue weighted by Gasteiger charge is -2.11. The summed E-state index contributed by atoms with van der Waals surface area (Å²) >= 11 is 1.63. The monoisotopic (exact) mass is 284 g/mol. The zero-order valence-corrected chi connectivity index (χ0v) is 12.3. The van der Waals surface area contributed by atoms with E-state index in [0.29, 0.717) is 0 Å². The minimum absolute atomic E-state index is 0.586. The third-order valence-electron chi connectivity index (χ3n) is 3.45. The average Bonchev–Trinajstić information content (AvgIpc) is 2.90. The average molecular weight is 284 g/mol. The van der Waals surface area contributed by atoms with Gasteiger partial charge >= 0.3 is 0 Å². The fourth-order valence-corrected chi connectivity index (χ4v) is 3.45. The van der Waals surface area contributed by atoms with Gasteiger partial charge in [-0.05, 0) is 47.7 Å². The van der Waals surface area contributed by atoms with Gasteiger partial charge in [0.1, 0.15) is 11.9 Å². The molecule has 1 unspecified atom stereocenters. The number of aryl methyl sites for hydroxylation is 1. The van der Waals surface area contributed by atoms with E-state index in [1.54, 1.807) is 18.4 Å². The van der Waals surface area contributed by atoms with Gasteiger partial charge in [-0.1, -0.05) is 24.3 Å². The van der Waals surface area contributed by atoms with Crippen LogP contribution < -0.4 is 4.74 Å². The maximum atomic E-state index is 10.6. The van der Waals surface area contributed by atoms with E-state index in [4.69, 9.17) is 4.74 Å². The van der Waals surface area contributed by atoms with Gasteiger partial charge in [-0.25, -0.2) is 0 Å². The second-order valence-corrected chi connectivity index (χ2v) is 5.93. The summed E-state index contributed by atoms with van der Waals surface area (Å²) in [7, 11) is 1.66. The van der Waals surface area contributed by atoms with Crippen LogP contribution in [0.25, 0.3) is 10.1 Å². The molecule has 0 saturated carbocycles. The third-order valence-corrected chi connectivity index (χ3v) is 4.62. The summed E-state index contributed by atoms with van der Waals surface area (Å²) in [5.74, 6) is 0.845. The molecule has 3 aromatic rings. The number of methoxy groups -OCH3 is 1. The Bertz CT molecular complexity index is 713. The van der Waals surface area contributed by atoms with Crippen LogP contribution in [0.1, 0.15) is 22.1 Å². The van der Waals surface area contributed by atoms with Crippen molar-refractivity contribution in [2.75, 3.05) is 7.11 Å². The summed E-state index contributed by atoms with van der Waals surface area (Å²) in [4.78, 5) is 0.968. The van der Waals surface area contributed by atoms with Gasteiger partial charge in [-0.2, -0.15) is 0 Å². The predicted octanol–water partition coefficient (Wildman–Crippen LogP) is 4.30. The second-order valence-electron chi connectivity index (χ2n) is 4.82. The Hall–Kier alpha value is -1.84. The van der Waals surface area contributed by atoms with E-state index < -0.39 is 6.10 Å². The molecule has 3 heteroatoms. The SMILES string of the molecule is COc1ccc(C(O)c2cc3ccccc3s2)cc1C. The maximum absolute atomic E-state index is 10.6. The van der Waals surface area contributed by atoms with Crippen LogP contribution in [0.4, 0.5) is 0 Å². The number of rotatable bonds is 3. The summed E-state index contributed by atoms with van der Waals surface area (Å²) in [5, 5.41) is 11.7. The first-order valence-corrected chi connectivity index (χ1v) is 7.32. The van der Waals surface area contributed by atoms with Crippen molar-refractivity contribution in [1.82, 2.24) is 0 Å². The van der Waals surface area contributed by atoms with Crippen LogP contribution in [0.2, 0.25) is 0 Å². The zero-order valence-electron chi connectivity index (χ0n) is 11.5. The third kappa shape index (κ3) is 2.30. The minimum Gasteiger partial charge on any atom is -0.496 e. The van der Waals surface area contributed by atoms with Gasteiger partial charge in [0, 0.05) is 9.58 Å². The summed E-state index contributed by atoms with van der Waals surface area (Å²) in [6.45, 7) is 1.99. The van der Waals surface area contributed by atoms with Crippen molar-refractivity contribution in [1.29, 1.82) is 0 Å². The number of benzene rings is 2. The highest BCUT2D eigenvalue weighted by Gasteiger charge is 2.14. The van der Waals surface area contributed by atoms with Gasteiger partial charge < -0.3 is 9.84 Å². The molecule has 0 fully saturated rings. The first kappa shape index (κ1) is 13.2. The van der Waals surface area contributed by atoms with E-state index in [1.807, 2.05) is 37.3 Å². The van der Waals surface area contributed by atoms with Gasteiger partial charge in [0.25, 0.3) is 0 Å². The molecule has 1 N–H and O–H groups in total. The number of thiophene rings is 1. The van der Waals surface area contributed by atoms with Crippen LogP contribution >= 0.6 is 11.3 Å². The van der Waals surface area contributed by atoms with Gasteiger partial charge in [0.15, 0.2) is 0 Å². The number of fused-ring (bicyclic) bond motifs is 1. The number of hydrogen-bond donors (Lipinski definition) is 1. The lowest BCUT2D eigenvalue weighted by molar-refractivity contribution is 0.224. The van der Waals surface area contributed by atoms with Crippen LogP contribution in [0.5, 0.6) is 5.75 Å². The number of hydrogen-bond acceptors (Lipinski definition) is 3. The highest BCUT2D eigenvalue weighted by atomic mass is 32.1. The maximum Gasteiger partial charge on any atom is 0.121 e. The molecule has 0 aliphatic carbocycles. The fraction of sp³-hybridized carbons (Fsp3) is 0.176. The summed E-state index contributed by atoms with van der Waals surface area (Å²) in [6, 6.07) is 16.0. The lowest BCUT2D eigenvalue weighted by Crippen LogP contribution is -1.98. The predicted molar refractivity (Wildman–Crippen MR) is 83.6 cm³/mol. The Kier molecular flexibility index (Phi) is 3.47. The van der Waals surface area contributed by atoms with Gasteiger partial charge in [-0.15, -0.1) is 11.3 Å². The Morgan fingerprint density at radius 2 is 1.90 bits per heavy atom. The highest BCUT2D eigenvalue weighted by molar-refractivity contribution is 7.19. The number of ether oxygens (including phenoxy) is 1. The van der Waals surface area contributed by atoms with E-state index >= 15 is 0 Å². The molecule has 1 heterocycles. The first-order chi connectivity index (χ1) is 9.69. The highest BCUT2D eigenvalue weighted by Crippen LogP contribution is 2.34. The van der Waals surface area contributed by atoms with Crippen LogP contribution in [-0.4, -0.2) is 12.2 Å². The van der Waals surface area contributed by atoms with Crippen molar-refractivity contribution in [2.45, 2.75) is 13.0 Å². The van der Waals surface area contributed by atoms with Crippen molar-refractivity contribution in [3.63, 3.8) is 0 Å². The van der Waals surface area contributed by atoms with E-state index in [9.17, 15) is 5.11 Å². The molecule has 3 rings (SSSR count). The van der Waals surface area contributed by atoms with E-state index in [2.05, 4.69) is 18.2 Å². The molecule has 102 valence electrons. The van der Waals surface area contributed by atoms with E-state index in [1.165, 1.54) is 10.1 Å². The zero-order chi connectivity index (χ0) is 14.1. The summed E-state index contributed by atoms with van der Waals surface area (Å²) in [5.41, 5.74) is 1.93. The molecule has 0 aliphatic rings. The molecule has 20 heavy (non-hydrogen) atoms. The van der Waals surface area contributed by atoms with Crippen molar-refractivity contribution in [3.8, 4) is 5.75 Å². The van der Waals surface area contributed by atoms with Crippen molar-refractivity contribution < 1.29 is 9.84 Å². The molecule has 0 spiro atoms. The topological polar surface area (TPSA) is 29.5 Å². The molecule has 2 aromatic carbocycles. The first-order valence-electron chi connectivity index (χ1n) is 6.50. The smallest absolute Gasteiger partial charge is 0.121 e. The summed E-state index contributed by atoms with van der Waals surface area (Å²) < 4.78 is 6.46. The molecule has 0 radical (unpaired) electrons. The molecular formula is C17H16O2S. The van der Waals surface area contributed by atoms with Gasteiger partial charge in [0.2, 0.25) is 0 Å². The quantitative estimate of drug-likeness (QED) is 0.777. The van der Waals surface area contributed by atoms with Gasteiger partial charge in [-0.3, -0.25) is 0 Å².